The van der Waals surface area contributed by atoms with Gasteiger partial charge in [0.25, 0.3) is 0 Å². The first kappa shape index (κ1) is 13.0. The molecule has 0 bridgehead atoms. The number of nitrogens with one attached hydrogen (secondary N) is 1. The monoisotopic (exact) mass is 253 g/mol. The molecule has 2 heterocycles. The van der Waals surface area contributed by atoms with Gasteiger partial charge in [-0.25, -0.2) is 4.98 Å². The summed E-state index contributed by atoms with van der Waals surface area (Å²) in [6.45, 7) is 5.74. The van der Waals surface area contributed by atoms with E-state index < -0.39 is 0 Å². The van der Waals surface area contributed by atoms with Gasteiger partial charge in [0.2, 0.25) is 0 Å². The van der Waals surface area contributed by atoms with E-state index >= 15 is 0 Å². The van der Waals surface area contributed by atoms with Crippen LogP contribution >= 0.6 is 11.3 Å². The molecule has 4 heteroatoms. The van der Waals surface area contributed by atoms with Crippen LogP contribution in [-0.4, -0.2) is 42.6 Å². The van der Waals surface area contributed by atoms with E-state index in [2.05, 4.69) is 22.5 Å². The zero-order valence-corrected chi connectivity index (χ0v) is 11.7. The van der Waals surface area contributed by atoms with Crippen LogP contribution in [0, 0.1) is 0 Å². The molecular formula is C13H23N3S. The summed E-state index contributed by atoms with van der Waals surface area (Å²) in [6.07, 6.45) is 4.91. The predicted molar refractivity (Wildman–Crippen MR) is 73.7 cm³/mol. The fourth-order valence-electron chi connectivity index (χ4n) is 2.55. The molecule has 1 fully saturated rings. The topological polar surface area (TPSA) is 28.2 Å². The summed E-state index contributed by atoms with van der Waals surface area (Å²) in [7, 11) is 1.99. The normalized spacial score (nSPS) is 21.2. The van der Waals surface area contributed by atoms with Gasteiger partial charge in [0.15, 0.2) is 0 Å². The van der Waals surface area contributed by atoms with Crippen LogP contribution in [0.2, 0.25) is 0 Å². The number of hydrogen-bond acceptors (Lipinski definition) is 4. The van der Waals surface area contributed by atoms with Crippen molar-refractivity contribution in [1.82, 2.24) is 15.2 Å². The summed E-state index contributed by atoms with van der Waals surface area (Å²) in [5.74, 6) is 0. The lowest BCUT2D eigenvalue weighted by molar-refractivity contribution is 0.266. The van der Waals surface area contributed by atoms with Gasteiger partial charge < -0.3 is 10.2 Å². The highest BCUT2D eigenvalue weighted by Crippen LogP contribution is 2.22. The van der Waals surface area contributed by atoms with Gasteiger partial charge in [-0.1, -0.05) is 6.92 Å². The van der Waals surface area contributed by atoms with Crippen LogP contribution < -0.4 is 5.32 Å². The first-order valence-electron chi connectivity index (χ1n) is 6.65. The third-order valence-corrected chi connectivity index (χ3v) is 4.47. The third-order valence-electron chi connectivity index (χ3n) is 3.55. The summed E-state index contributed by atoms with van der Waals surface area (Å²) in [5.41, 5.74) is 1.25. The molecule has 0 amide bonds. The van der Waals surface area contributed by atoms with Crippen LogP contribution in [0.4, 0.5) is 0 Å². The van der Waals surface area contributed by atoms with E-state index in [0.29, 0.717) is 0 Å². The number of hydrogen-bond donors (Lipinski definition) is 1. The average molecular weight is 253 g/mol. The molecule has 0 saturated carbocycles. The molecular weight excluding hydrogens is 230 g/mol. The molecule has 17 heavy (non-hydrogen) atoms. The maximum Gasteiger partial charge on any atom is 0.0943 e. The second kappa shape index (κ2) is 6.47. The molecule has 1 unspecified atom stereocenters. The maximum absolute atomic E-state index is 4.73. The second-order valence-corrected chi connectivity index (χ2v) is 5.66. The SMILES string of the molecule is CCN1CCCC1Cc1nc(CCNC)cs1. The zero-order chi connectivity index (χ0) is 12.1. The maximum atomic E-state index is 4.73. The molecule has 96 valence electrons. The first-order valence-corrected chi connectivity index (χ1v) is 7.53. The van der Waals surface area contributed by atoms with Crippen LogP contribution in [0.25, 0.3) is 0 Å². The number of likely N-dealkylation sites (tertiary alicyclic amines) is 1. The Morgan fingerprint density at radius 1 is 1.59 bits per heavy atom. The quantitative estimate of drug-likeness (QED) is 0.840. The standard InChI is InChI=1S/C13H23N3S/c1-3-16-8-4-5-12(16)9-13-15-11(10-17-13)6-7-14-2/h10,12,14H,3-9H2,1-2H3. The fourth-order valence-corrected chi connectivity index (χ4v) is 3.46. The summed E-state index contributed by atoms with van der Waals surface area (Å²) >= 11 is 1.83. The van der Waals surface area contributed by atoms with Gasteiger partial charge in [0, 0.05) is 30.8 Å². The Morgan fingerprint density at radius 2 is 2.47 bits per heavy atom. The highest BCUT2D eigenvalue weighted by atomic mass is 32.1. The molecule has 1 atom stereocenters. The Hall–Kier alpha value is -0.450. The highest BCUT2D eigenvalue weighted by molar-refractivity contribution is 7.09. The van der Waals surface area contributed by atoms with Gasteiger partial charge >= 0.3 is 0 Å². The summed E-state index contributed by atoms with van der Waals surface area (Å²) in [4.78, 5) is 7.32. The van der Waals surface area contributed by atoms with Crippen molar-refractivity contribution in [1.29, 1.82) is 0 Å². The van der Waals surface area contributed by atoms with Crippen molar-refractivity contribution in [3.63, 3.8) is 0 Å². The van der Waals surface area contributed by atoms with Crippen molar-refractivity contribution in [2.45, 2.75) is 38.6 Å². The van der Waals surface area contributed by atoms with Crippen LogP contribution in [0.5, 0.6) is 0 Å². The van der Waals surface area contributed by atoms with Crippen molar-refractivity contribution in [2.75, 3.05) is 26.7 Å². The van der Waals surface area contributed by atoms with Gasteiger partial charge in [-0.05, 0) is 33.0 Å². The summed E-state index contributed by atoms with van der Waals surface area (Å²) in [6, 6.07) is 0.739. The van der Waals surface area contributed by atoms with Gasteiger partial charge in [-0.2, -0.15) is 0 Å². The van der Waals surface area contributed by atoms with Crippen molar-refractivity contribution < 1.29 is 0 Å². The van der Waals surface area contributed by atoms with Gasteiger partial charge in [0.05, 0.1) is 10.7 Å². The van der Waals surface area contributed by atoms with Gasteiger partial charge in [0.1, 0.15) is 0 Å². The van der Waals surface area contributed by atoms with E-state index in [1.807, 2.05) is 18.4 Å². The van der Waals surface area contributed by atoms with Crippen LogP contribution in [-0.2, 0) is 12.8 Å². The molecule has 1 aromatic rings. The summed E-state index contributed by atoms with van der Waals surface area (Å²) < 4.78 is 0. The van der Waals surface area contributed by atoms with E-state index in [9.17, 15) is 0 Å². The van der Waals surface area contributed by atoms with Crippen LogP contribution in [0.15, 0.2) is 5.38 Å². The Bertz CT molecular complexity index is 337. The molecule has 1 aliphatic heterocycles. The van der Waals surface area contributed by atoms with Crippen molar-refractivity contribution in [3.8, 4) is 0 Å². The van der Waals surface area contributed by atoms with E-state index in [1.54, 1.807) is 0 Å². The Balaban J connectivity index is 1.87. The molecule has 1 aliphatic rings. The minimum atomic E-state index is 0.739. The molecule has 1 aromatic heterocycles. The molecule has 0 aromatic carbocycles. The molecule has 2 rings (SSSR count). The Morgan fingerprint density at radius 3 is 3.24 bits per heavy atom. The number of aromatic nitrogens is 1. The molecule has 3 nitrogen and oxygen atoms in total. The number of likely N-dealkylation sites (N-methyl/N-ethyl adjacent to an activating group) is 2. The molecule has 0 radical (unpaired) electrons. The highest BCUT2D eigenvalue weighted by Gasteiger charge is 2.23. The van der Waals surface area contributed by atoms with Crippen molar-refractivity contribution >= 4 is 11.3 Å². The van der Waals surface area contributed by atoms with Gasteiger partial charge in [-0.3, -0.25) is 0 Å². The number of thiazole rings is 1. The average Bonchev–Trinajstić information content (AvgIpc) is 2.96. The lowest BCUT2D eigenvalue weighted by atomic mass is 10.1. The molecule has 0 spiro atoms. The van der Waals surface area contributed by atoms with Crippen molar-refractivity contribution in [2.24, 2.45) is 0 Å². The largest absolute Gasteiger partial charge is 0.319 e. The second-order valence-electron chi connectivity index (χ2n) is 4.71. The summed E-state index contributed by atoms with van der Waals surface area (Å²) in [5, 5.41) is 6.71. The Kier molecular flexibility index (Phi) is 4.95. The lowest BCUT2D eigenvalue weighted by Gasteiger charge is -2.21. The van der Waals surface area contributed by atoms with E-state index in [1.165, 1.54) is 36.6 Å². The molecule has 1 saturated heterocycles. The lowest BCUT2D eigenvalue weighted by Crippen LogP contribution is -2.30. The number of nitrogens with zero attached hydrogens (tertiary/aromatic N) is 2. The van der Waals surface area contributed by atoms with E-state index in [4.69, 9.17) is 4.98 Å². The van der Waals surface area contributed by atoms with Crippen LogP contribution in [0.1, 0.15) is 30.5 Å². The zero-order valence-electron chi connectivity index (χ0n) is 10.9. The smallest absolute Gasteiger partial charge is 0.0943 e. The molecule has 1 N–H and O–H groups in total. The van der Waals surface area contributed by atoms with Gasteiger partial charge in [-0.15, -0.1) is 11.3 Å². The van der Waals surface area contributed by atoms with Crippen molar-refractivity contribution in [3.05, 3.63) is 16.1 Å². The Labute approximate surface area is 108 Å². The predicted octanol–water partition coefficient (Wildman–Crippen LogP) is 1.93. The first-order chi connectivity index (χ1) is 8.33. The molecule has 0 aliphatic carbocycles. The fraction of sp³-hybridized carbons (Fsp3) is 0.769. The minimum absolute atomic E-state index is 0.739. The van der Waals surface area contributed by atoms with Crippen LogP contribution in [0.3, 0.4) is 0 Å². The van der Waals surface area contributed by atoms with E-state index in [0.717, 1.165) is 25.4 Å². The third kappa shape index (κ3) is 3.50. The number of rotatable bonds is 6. The minimum Gasteiger partial charge on any atom is -0.319 e. The van der Waals surface area contributed by atoms with E-state index in [-0.39, 0.29) is 0 Å².